The van der Waals surface area contributed by atoms with Crippen LogP contribution in [0.5, 0.6) is 0 Å². The first-order chi connectivity index (χ1) is 34.5. The lowest BCUT2D eigenvalue weighted by Gasteiger charge is -2.51. The molecule has 36 heteroatoms. The molecule has 22 saturated heterocycles. The number of hydrogen-bond donors (Lipinski definition) is 16. The van der Waals surface area contributed by atoms with Gasteiger partial charge in [0.15, 0.2) is 49.9 Å². The lowest BCUT2D eigenvalue weighted by Crippen LogP contribution is -2.69. The van der Waals surface area contributed by atoms with Gasteiger partial charge >= 0.3 is 0 Å². The van der Waals surface area contributed by atoms with Crippen LogP contribution in [0.4, 0.5) is 0 Å². The van der Waals surface area contributed by atoms with Crippen LogP contribution in [0, 0.1) is 0 Å². The highest BCUT2D eigenvalue weighted by Crippen LogP contribution is 2.39. The minimum absolute atomic E-state index is 1.03. The van der Waals surface area contributed by atoms with Crippen LogP contribution >= 0.6 is 0 Å². The summed E-state index contributed by atoms with van der Waals surface area (Å²) in [7, 11) is 0. The molecular formula is C36H58N6O30. The van der Waals surface area contributed by atoms with E-state index in [0.29, 0.717) is 0 Å². The van der Waals surface area contributed by atoms with Crippen molar-refractivity contribution in [3.63, 3.8) is 0 Å². The zero-order chi connectivity index (χ0) is 52.3. The van der Waals surface area contributed by atoms with Crippen molar-refractivity contribution in [2.24, 2.45) is 10.6 Å². The fourth-order valence-electron chi connectivity index (χ4n) is 9.29. The molecule has 0 unspecified atom stereocenters. The first-order valence-electron chi connectivity index (χ1n) is 22.2. The van der Waals surface area contributed by atoms with Crippen LogP contribution in [-0.2, 0) is 66.5 Å². The van der Waals surface area contributed by atoms with Crippen molar-refractivity contribution in [2.75, 3.05) is 39.6 Å². The number of hydrogen-bond acceptors (Lipinski definition) is 32. The number of azide groups is 2. The Bertz CT molecular complexity index is 1800. The van der Waals surface area contributed by atoms with Crippen molar-refractivity contribution in [3.05, 3.63) is 20.9 Å². The molecule has 22 heterocycles. The quantitative estimate of drug-likeness (QED) is 0.0418. The summed E-state index contributed by atoms with van der Waals surface area (Å²) in [6, 6.07) is 0. The van der Waals surface area contributed by atoms with Crippen molar-refractivity contribution >= 4 is 0 Å². The molecule has 12 bridgehead atoms. The molecule has 16 N–H and O–H groups in total. The predicted molar refractivity (Wildman–Crippen MR) is 212 cm³/mol. The molecule has 0 amide bonds. The monoisotopic (exact) mass is 1050 g/mol. The molecule has 72 heavy (non-hydrogen) atoms. The molecular weight excluding hydrogens is 996 g/mol. The van der Waals surface area contributed by atoms with Gasteiger partial charge in [0.25, 0.3) is 0 Å². The number of nitrogens with zero attached hydrogens (tertiary/aromatic N) is 6. The van der Waals surface area contributed by atoms with Crippen LogP contribution in [0.2, 0.25) is 0 Å². The number of aliphatic hydroxyl groups is 16. The van der Waals surface area contributed by atoms with Gasteiger partial charge in [0.05, 0.1) is 39.6 Å². The molecule has 0 aromatic rings. The maximum atomic E-state index is 11.6. The molecule has 0 saturated carbocycles. The Kier molecular flexibility index (Phi) is 19.6. The molecule has 22 fully saturated rings. The second-order valence-corrected chi connectivity index (χ2v) is 17.3. The van der Waals surface area contributed by atoms with E-state index < -0.39 is 224 Å². The van der Waals surface area contributed by atoms with E-state index in [4.69, 9.17) is 77.6 Å². The summed E-state index contributed by atoms with van der Waals surface area (Å²) in [5.41, 5.74) is 18.3. The molecule has 36 nitrogen and oxygen atoms in total. The fourth-order valence-corrected chi connectivity index (χ4v) is 9.29. The number of ether oxygens (including phenoxy) is 12. The van der Waals surface area contributed by atoms with E-state index in [1.165, 1.54) is 0 Å². The van der Waals surface area contributed by atoms with Gasteiger partial charge in [-0.05, 0) is 11.1 Å². The van der Waals surface area contributed by atoms with Gasteiger partial charge in [-0.1, -0.05) is 0 Å². The second kappa shape index (κ2) is 24.8. The molecule has 22 rings (SSSR count). The summed E-state index contributed by atoms with van der Waals surface area (Å²) in [4.78, 5) is 15.2. The van der Waals surface area contributed by atoms with Crippen LogP contribution in [0.25, 0.3) is 20.9 Å². The van der Waals surface area contributed by atoms with E-state index in [-0.39, 0.29) is 0 Å². The third kappa shape index (κ3) is 11.3. The van der Waals surface area contributed by atoms with Gasteiger partial charge in [-0.25, -0.2) is 0 Å². The number of rotatable bonds is 10. The van der Waals surface area contributed by atoms with E-state index in [1.54, 1.807) is 0 Å². The van der Waals surface area contributed by atoms with Crippen LogP contribution in [-0.4, -0.2) is 306 Å². The normalized spacial score (nSPS) is 51.3. The van der Waals surface area contributed by atoms with Crippen molar-refractivity contribution in [2.45, 2.75) is 184 Å². The lowest BCUT2D eigenvalue weighted by molar-refractivity contribution is -0.406. The van der Waals surface area contributed by atoms with Crippen molar-refractivity contribution in [3.8, 4) is 0 Å². The topological polar surface area (TPSA) is 550 Å². The highest BCUT2D eigenvalue weighted by Gasteiger charge is 2.59. The maximum absolute atomic E-state index is 11.6. The van der Waals surface area contributed by atoms with Gasteiger partial charge < -0.3 is 148 Å². The number of aliphatic hydroxyl groups excluding tert-OH is 16. The van der Waals surface area contributed by atoms with Crippen molar-refractivity contribution in [1.82, 2.24) is 0 Å². The summed E-state index contributed by atoms with van der Waals surface area (Å²) in [6.07, 6.45) is -59.9. The van der Waals surface area contributed by atoms with E-state index in [1.807, 2.05) is 0 Å². The van der Waals surface area contributed by atoms with E-state index in [2.05, 4.69) is 20.4 Å². The molecule has 0 spiro atoms. The van der Waals surface area contributed by atoms with Crippen LogP contribution < -0.4 is 0 Å². The molecule has 30 atom stereocenters. The zero-order valence-corrected chi connectivity index (χ0v) is 37.1. The van der Waals surface area contributed by atoms with E-state index in [9.17, 15) is 81.7 Å². The van der Waals surface area contributed by atoms with Gasteiger partial charge in [-0.2, -0.15) is 0 Å². The van der Waals surface area contributed by atoms with Gasteiger partial charge in [-0.15, -0.1) is 0 Å². The molecule has 412 valence electrons. The van der Waals surface area contributed by atoms with E-state index in [0.717, 1.165) is 0 Å². The van der Waals surface area contributed by atoms with Gasteiger partial charge in [0.2, 0.25) is 0 Å². The van der Waals surface area contributed by atoms with Crippen molar-refractivity contribution < 1.29 is 148 Å². The highest BCUT2D eigenvalue weighted by atomic mass is 16.8. The average Bonchev–Trinajstić information content (AvgIpc) is 3.37. The summed E-state index contributed by atoms with van der Waals surface area (Å²) < 4.78 is 68.8. The average molecular weight is 1050 g/mol. The molecule has 0 aliphatic carbocycles. The van der Waals surface area contributed by atoms with Gasteiger partial charge in [-0.3, -0.25) is 0 Å². The Morgan fingerprint density at radius 1 is 0.292 bits per heavy atom. The van der Waals surface area contributed by atoms with Crippen LogP contribution in [0.15, 0.2) is 10.6 Å². The maximum Gasteiger partial charge on any atom is 0.188 e. The predicted octanol–water partition coefficient (Wildman–Crippen LogP) is -10.6. The zero-order valence-electron chi connectivity index (χ0n) is 37.1. The summed E-state index contributed by atoms with van der Waals surface area (Å²) in [5.74, 6) is 0. The standard InChI is InChI=1S/C36H58N6O30/c37-39-41-71-29-21(57)35-63-12(6-48)28(29)70-36-22(58)30(72-42-40-38)27(11(5-47)64-36)69-34-20(56)16(52)25(9(3-45)62-34)67-32-18(54)14(50)23(7(1-43)60-32)65-31-17(53)13(49)24(8(2-44)59-31)66-33-19(55)15(51)26(68-35)10(4-46)61-33/h7-36,43-58H,1-6H2/t7-,8-,9-,10-,11-,12-,13-,14-,15-,16-,17-,18-,19-,20-,21-,22-,23-,24-,25-,26-,27+,28+,29-,30-,31-,32-,33-,34-,35-,36-/m1/s1. The minimum Gasteiger partial charge on any atom is -0.424 e. The SMILES string of the molecule is [N-]=[N+]=NO[C@@H]1[C@@H](O)[C@H]2O[C@@H]3[C@H](ON=[N+]=[N-])[C@@H](O)[C@@H](O[C@H]4[C@H](O)[C@@H](O)[C@@H](O[C@H]5[C@H](O)[C@@H](O)[C@@H](O[C@H]6[C@H](O)[C@@H](O)[C@@H](O[C@H]7[C@H](O)[C@@H](O)[C@@H](O[C@H]1[C@@H](CO)O2)O[C@@H]7CO)O[C@@H]6CO)O[C@@H]5CO)O[C@@H]4CO)O[C@@H]3CO. The molecule has 22 aliphatic heterocycles. The largest absolute Gasteiger partial charge is 0.424 e. The Morgan fingerprint density at radius 3 is 0.694 bits per heavy atom. The third-order valence-electron chi connectivity index (χ3n) is 13.0. The second-order valence-electron chi connectivity index (χ2n) is 17.3. The lowest BCUT2D eigenvalue weighted by atomic mass is 9.94. The van der Waals surface area contributed by atoms with Crippen molar-refractivity contribution in [1.29, 1.82) is 0 Å². The molecule has 0 aromatic carbocycles. The summed E-state index contributed by atoms with van der Waals surface area (Å²) in [5, 5.41) is 182. The summed E-state index contributed by atoms with van der Waals surface area (Å²) >= 11 is 0. The van der Waals surface area contributed by atoms with Crippen LogP contribution in [0.3, 0.4) is 0 Å². The molecule has 0 radical (unpaired) electrons. The Hall–Kier alpha value is -2.90. The first-order valence-corrected chi connectivity index (χ1v) is 22.2. The van der Waals surface area contributed by atoms with E-state index >= 15 is 0 Å². The van der Waals surface area contributed by atoms with Crippen LogP contribution in [0.1, 0.15) is 0 Å². The third-order valence-corrected chi connectivity index (χ3v) is 13.0. The molecule has 0 aromatic heterocycles. The highest BCUT2D eigenvalue weighted by molar-refractivity contribution is 5.01. The smallest absolute Gasteiger partial charge is 0.188 e. The molecule has 22 aliphatic rings. The minimum atomic E-state index is -2.22. The first kappa shape index (κ1) is 56.8. The Labute approximate surface area is 403 Å². The summed E-state index contributed by atoms with van der Waals surface area (Å²) in [6.45, 7) is -6.29. The van der Waals surface area contributed by atoms with Gasteiger partial charge in [0.1, 0.15) is 145 Å². The Morgan fingerprint density at radius 2 is 0.486 bits per heavy atom. The van der Waals surface area contributed by atoms with Gasteiger partial charge in [0, 0.05) is 9.82 Å². The Balaban J connectivity index is 1.24. The fraction of sp³-hybridized carbons (Fsp3) is 1.00.